The predicted octanol–water partition coefficient (Wildman–Crippen LogP) is 5.94. The molecule has 0 spiro atoms. The summed E-state index contributed by atoms with van der Waals surface area (Å²) in [6.45, 7) is 13.6. The van der Waals surface area contributed by atoms with Crippen molar-refractivity contribution in [1.29, 1.82) is 5.26 Å². The highest BCUT2D eigenvalue weighted by molar-refractivity contribution is 6.74. The Labute approximate surface area is 218 Å². The fourth-order valence-electron chi connectivity index (χ4n) is 6.24. The van der Waals surface area contributed by atoms with Gasteiger partial charge in [0.2, 0.25) is 11.8 Å². The van der Waals surface area contributed by atoms with Crippen molar-refractivity contribution >= 4 is 19.1 Å². The van der Waals surface area contributed by atoms with Gasteiger partial charge in [-0.15, -0.1) is 0 Å². The van der Waals surface area contributed by atoms with E-state index < -0.39 is 19.5 Å². The summed E-state index contributed by atoms with van der Waals surface area (Å²) in [7, 11) is -1.99. The third-order valence-electron chi connectivity index (χ3n) is 9.27. The second-order valence-electron chi connectivity index (χ2n) is 12.1. The van der Waals surface area contributed by atoms with Crippen LogP contribution in [0.4, 0.5) is 0 Å². The molecule has 2 bridgehead atoms. The van der Waals surface area contributed by atoms with Crippen LogP contribution in [-0.2, 0) is 25.1 Å². The van der Waals surface area contributed by atoms with Crippen LogP contribution < -0.4 is 0 Å². The number of hydrogen-bond donors (Lipinski definition) is 2. The molecule has 8 heteroatoms. The molecule has 37 heavy (non-hydrogen) atoms. The number of epoxide rings is 1. The van der Waals surface area contributed by atoms with E-state index in [-0.39, 0.29) is 29.0 Å². The Morgan fingerprint density at radius 1 is 1.03 bits per heavy atom. The average molecular weight is 519 g/mol. The van der Waals surface area contributed by atoms with Crippen molar-refractivity contribution in [2.24, 2.45) is 0 Å². The van der Waals surface area contributed by atoms with E-state index in [4.69, 9.17) is 13.9 Å². The summed E-state index contributed by atoms with van der Waals surface area (Å²) in [4.78, 5) is 0. The molecule has 7 nitrogen and oxygen atoms in total. The van der Waals surface area contributed by atoms with Crippen molar-refractivity contribution in [2.45, 2.75) is 82.1 Å². The van der Waals surface area contributed by atoms with Crippen LogP contribution in [0.15, 0.2) is 36.4 Å². The largest absolute Gasteiger partial charge is 0.494 e. The molecule has 3 aliphatic rings. The van der Waals surface area contributed by atoms with E-state index in [1.54, 1.807) is 12.1 Å². The van der Waals surface area contributed by atoms with Gasteiger partial charge in [0.25, 0.3) is 0 Å². The number of benzene rings is 2. The van der Waals surface area contributed by atoms with Gasteiger partial charge in [-0.25, -0.2) is 0 Å². The number of rotatable bonds is 6. The lowest BCUT2D eigenvalue weighted by Crippen LogP contribution is -2.42. The van der Waals surface area contributed by atoms with Crippen LogP contribution >= 0.6 is 0 Å². The average Bonchev–Trinajstić information content (AvgIpc) is 3.49. The number of aromatic hydroxyl groups is 2. The van der Waals surface area contributed by atoms with Crippen molar-refractivity contribution in [3.05, 3.63) is 53.1 Å². The third kappa shape index (κ3) is 3.03. The van der Waals surface area contributed by atoms with Crippen LogP contribution in [0.3, 0.4) is 0 Å². The fraction of sp³-hybridized carbons (Fsp3) is 0.483. The molecule has 2 N–H and O–H groups in total. The van der Waals surface area contributed by atoms with Crippen molar-refractivity contribution in [3.63, 3.8) is 0 Å². The molecular formula is C29H34N2O5Si. The molecule has 0 saturated carbocycles. The van der Waals surface area contributed by atoms with Gasteiger partial charge < -0.3 is 24.1 Å². The maximum absolute atomic E-state index is 11.8. The second kappa shape index (κ2) is 7.61. The van der Waals surface area contributed by atoms with Gasteiger partial charge in [0.1, 0.15) is 23.4 Å². The summed E-state index contributed by atoms with van der Waals surface area (Å²) in [5.74, 6) is -0.0793. The van der Waals surface area contributed by atoms with Crippen LogP contribution in [0.5, 0.6) is 11.8 Å². The first-order valence-electron chi connectivity index (χ1n) is 13.0. The quantitative estimate of drug-likeness (QED) is 0.310. The molecule has 2 unspecified atom stereocenters. The fourth-order valence-corrected chi connectivity index (χ4v) is 7.29. The van der Waals surface area contributed by atoms with Gasteiger partial charge in [-0.05, 0) is 36.7 Å². The van der Waals surface area contributed by atoms with Gasteiger partial charge in [0.15, 0.2) is 8.32 Å². The highest BCUT2D eigenvalue weighted by Gasteiger charge is 2.80. The lowest BCUT2D eigenvalue weighted by Gasteiger charge is -2.37. The summed E-state index contributed by atoms with van der Waals surface area (Å²) in [6, 6.07) is 13.3. The predicted molar refractivity (Wildman–Crippen MR) is 142 cm³/mol. The van der Waals surface area contributed by atoms with E-state index >= 15 is 0 Å². The summed E-state index contributed by atoms with van der Waals surface area (Å²) >= 11 is 0. The molecule has 2 aromatic carbocycles. The Hall–Kier alpha value is -2.83. The summed E-state index contributed by atoms with van der Waals surface area (Å²) in [5.41, 5.74) is 0.692. The Morgan fingerprint density at radius 3 is 2.27 bits per heavy atom. The van der Waals surface area contributed by atoms with Gasteiger partial charge in [0.05, 0.1) is 28.4 Å². The van der Waals surface area contributed by atoms with Crippen LogP contribution in [0.2, 0.25) is 18.1 Å². The zero-order chi connectivity index (χ0) is 26.5. The van der Waals surface area contributed by atoms with Crippen LogP contribution in [0.25, 0.3) is 16.5 Å². The number of nitrogens with zero attached hydrogens (tertiary/aromatic N) is 2. The zero-order valence-electron chi connectivity index (χ0n) is 22.3. The standard InChI is InChI=1S/C29H34N2O5Si/c1-7-28-21-22(29(36-28,24-23(28)35-24)14-15-34-37(5,6)27(2,3)4)26(33)31(25(21)32)20-13-12-17(16-30)18-10-8-9-11-19(18)20/h8-13,23-24,32-33H,7,14-15H2,1-6H3/t23-,24+,28?,29?/m0/s1. The van der Waals surface area contributed by atoms with Crippen LogP contribution in [0.1, 0.15) is 57.2 Å². The summed E-state index contributed by atoms with van der Waals surface area (Å²) in [6.07, 6.45) is 0.802. The minimum Gasteiger partial charge on any atom is -0.494 e. The van der Waals surface area contributed by atoms with Crippen molar-refractivity contribution < 1.29 is 24.1 Å². The third-order valence-corrected chi connectivity index (χ3v) is 13.8. The van der Waals surface area contributed by atoms with Crippen molar-refractivity contribution in [3.8, 4) is 23.5 Å². The van der Waals surface area contributed by atoms with E-state index in [0.717, 1.165) is 10.8 Å². The lowest BCUT2D eigenvalue weighted by atomic mass is 9.76. The van der Waals surface area contributed by atoms with Gasteiger partial charge >= 0.3 is 0 Å². The minimum absolute atomic E-state index is 0.0367. The minimum atomic E-state index is -1.99. The molecule has 2 fully saturated rings. The number of aromatic nitrogens is 1. The smallest absolute Gasteiger partial charge is 0.205 e. The van der Waals surface area contributed by atoms with E-state index in [9.17, 15) is 15.5 Å². The monoisotopic (exact) mass is 518 g/mol. The molecule has 3 aromatic rings. The normalized spacial score (nSPS) is 27.8. The Morgan fingerprint density at radius 2 is 1.65 bits per heavy atom. The van der Waals surface area contributed by atoms with Gasteiger partial charge in [-0.2, -0.15) is 5.26 Å². The van der Waals surface area contributed by atoms with Gasteiger partial charge in [-0.1, -0.05) is 52.0 Å². The van der Waals surface area contributed by atoms with Gasteiger partial charge in [0, 0.05) is 23.8 Å². The SMILES string of the molecule is CCC12OC(CCO[Si](C)(C)C(C)(C)C)(c3c1c(O)n(-c1ccc(C#N)c4ccccc14)c3O)[C@@H]1O[C@@H]12. The van der Waals surface area contributed by atoms with Crippen molar-refractivity contribution in [2.75, 3.05) is 6.61 Å². The van der Waals surface area contributed by atoms with Crippen molar-refractivity contribution in [1.82, 2.24) is 4.57 Å². The highest BCUT2D eigenvalue weighted by atomic mass is 28.4. The molecule has 4 heterocycles. The molecular weight excluding hydrogens is 484 g/mol. The number of nitriles is 1. The second-order valence-corrected chi connectivity index (χ2v) is 16.9. The first-order chi connectivity index (χ1) is 17.4. The molecule has 2 saturated heterocycles. The van der Waals surface area contributed by atoms with E-state index in [1.807, 2.05) is 31.2 Å². The van der Waals surface area contributed by atoms with E-state index in [1.165, 1.54) is 4.57 Å². The van der Waals surface area contributed by atoms with Gasteiger partial charge in [-0.3, -0.25) is 4.57 Å². The summed E-state index contributed by atoms with van der Waals surface area (Å²) in [5, 5.41) is 34.7. The topological polar surface area (TPSA) is 100 Å². The number of fused-ring (bicyclic) bond motifs is 9. The number of hydrogen-bond acceptors (Lipinski definition) is 6. The molecule has 0 radical (unpaired) electrons. The Kier molecular flexibility index (Phi) is 5.04. The molecule has 4 atom stereocenters. The molecule has 6 rings (SSSR count). The summed E-state index contributed by atoms with van der Waals surface area (Å²) < 4.78 is 21.0. The Balaban J connectivity index is 1.49. The van der Waals surface area contributed by atoms with E-state index in [2.05, 4.69) is 39.9 Å². The lowest BCUT2D eigenvalue weighted by molar-refractivity contribution is -0.158. The maximum Gasteiger partial charge on any atom is 0.205 e. The molecule has 194 valence electrons. The maximum atomic E-state index is 11.8. The first-order valence-corrected chi connectivity index (χ1v) is 15.9. The molecule has 0 amide bonds. The van der Waals surface area contributed by atoms with Crippen LogP contribution in [-0.4, -0.2) is 41.9 Å². The highest BCUT2D eigenvalue weighted by Crippen LogP contribution is 2.73. The van der Waals surface area contributed by atoms with E-state index in [0.29, 0.717) is 41.8 Å². The Bertz CT molecular complexity index is 1480. The zero-order valence-corrected chi connectivity index (χ0v) is 23.3. The number of ether oxygens (including phenoxy) is 2. The first kappa shape index (κ1) is 24.5. The molecule has 0 aliphatic carbocycles. The van der Waals surface area contributed by atoms with Crippen LogP contribution in [0, 0.1) is 11.3 Å². The molecule has 1 aromatic heterocycles. The molecule has 3 aliphatic heterocycles.